The fourth-order valence-electron chi connectivity index (χ4n) is 2.89. The summed E-state index contributed by atoms with van der Waals surface area (Å²) in [4.78, 5) is 19.8. The molecule has 1 N–H and O–H groups in total. The molecule has 3 aromatic rings. The van der Waals surface area contributed by atoms with Gasteiger partial charge in [0, 0.05) is 6.20 Å². The number of nitrogens with one attached hydrogen (secondary N) is 1. The predicted molar refractivity (Wildman–Crippen MR) is 103 cm³/mol. The quantitative estimate of drug-likeness (QED) is 0.735. The number of imidazole rings is 1. The van der Waals surface area contributed by atoms with Crippen LogP contribution in [0.2, 0.25) is 0 Å². The summed E-state index contributed by atoms with van der Waals surface area (Å²) in [5.41, 5.74) is 4.25. The summed E-state index contributed by atoms with van der Waals surface area (Å²) >= 11 is 0. The Balaban J connectivity index is 1.98. The lowest BCUT2D eigenvalue weighted by atomic mass is 10.2. The number of rotatable bonds is 6. The Morgan fingerprint density at radius 1 is 1.27 bits per heavy atom. The lowest BCUT2D eigenvalue weighted by Crippen LogP contribution is -2.17. The van der Waals surface area contributed by atoms with Gasteiger partial charge in [-0.15, -0.1) is 0 Å². The van der Waals surface area contributed by atoms with Gasteiger partial charge in [-0.2, -0.15) is 0 Å². The highest BCUT2D eigenvalue weighted by Crippen LogP contribution is 2.28. The van der Waals surface area contributed by atoms with Crippen LogP contribution in [-0.4, -0.2) is 28.3 Å². The minimum absolute atomic E-state index is 0.185. The SMILES string of the molecule is CCOc1cc(Cn2c(=O)[nH]c3cc(C=C(C)C)cnc32)ccc1OC. The minimum Gasteiger partial charge on any atom is -0.493 e. The molecule has 2 aromatic heterocycles. The number of H-pyrrole nitrogens is 1. The van der Waals surface area contributed by atoms with Crippen LogP contribution in [0.1, 0.15) is 31.9 Å². The van der Waals surface area contributed by atoms with Gasteiger partial charge in [0.05, 0.1) is 25.8 Å². The van der Waals surface area contributed by atoms with Crippen molar-refractivity contribution in [2.24, 2.45) is 0 Å². The Labute approximate surface area is 152 Å². The standard InChI is InChI=1S/C20H23N3O3/c1-5-26-18-10-14(6-7-17(18)25-4)12-23-19-16(22-20(23)24)9-15(11-21-19)8-13(2)3/h6-11H,5,12H2,1-4H3,(H,22,24). The number of benzene rings is 1. The number of aromatic amines is 1. The number of pyridine rings is 1. The third-order valence-corrected chi connectivity index (χ3v) is 3.95. The van der Waals surface area contributed by atoms with E-state index in [-0.39, 0.29) is 5.69 Å². The molecule has 0 bridgehead atoms. The molecule has 0 aliphatic heterocycles. The van der Waals surface area contributed by atoms with Crippen LogP contribution in [0.5, 0.6) is 11.5 Å². The number of hydrogen-bond acceptors (Lipinski definition) is 4. The molecule has 0 aliphatic rings. The summed E-state index contributed by atoms with van der Waals surface area (Å²) in [5, 5.41) is 0. The van der Waals surface area contributed by atoms with Gasteiger partial charge in [-0.3, -0.25) is 4.57 Å². The zero-order valence-corrected chi connectivity index (χ0v) is 15.5. The number of allylic oxidation sites excluding steroid dienone is 1. The van der Waals surface area contributed by atoms with E-state index in [1.54, 1.807) is 17.9 Å². The van der Waals surface area contributed by atoms with E-state index in [1.807, 2.05) is 51.1 Å². The van der Waals surface area contributed by atoms with Crippen LogP contribution in [0.4, 0.5) is 0 Å². The molecule has 0 atom stereocenters. The van der Waals surface area contributed by atoms with Crippen molar-refractivity contribution in [1.82, 2.24) is 14.5 Å². The summed E-state index contributed by atoms with van der Waals surface area (Å²) in [6.45, 7) is 6.92. The Morgan fingerprint density at radius 2 is 2.08 bits per heavy atom. The highest BCUT2D eigenvalue weighted by atomic mass is 16.5. The number of fused-ring (bicyclic) bond motifs is 1. The molecule has 0 fully saturated rings. The van der Waals surface area contributed by atoms with Gasteiger partial charge in [0.25, 0.3) is 0 Å². The van der Waals surface area contributed by atoms with E-state index >= 15 is 0 Å². The van der Waals surface area contributed by atoms with Crippen LogP contribution in [-0.2, 0) is 6.54 Å². The van der Waals surface area contributed by atoms with Crippen molar-refractivity contribution in [3.8, 4) is 11.5 Å². The molecule has 0 saturated carbocycles. The number of ether oxygens (including phenoxy) is 2. The zero-order chi connectivity index (χ0) is 18.7. The third kappa shape index (κ3) is 3.64. The first kappa shape index (κ1) is 17.8. The summed E-state index contributed by atoms with van der Waals surface area (Å²) < 4.78 is 12.5. The van der Waals surface area contributed by atoms with E-state index in [0.29, 0.717) is 30.3 Å². The molecule has 6 nitrogen and oxygen atoms in total. The van der Waals surface area contributed by atoms with Crippen molar-refractivity contribution >= 4 is 17.2 Å². The largest absolute Gasteiger partial charge is 0.493 e. The summed E-state index contributed by atoms with van der Waals surface area (Å²) in [6.07, 6.45) is 3.80. The minimum atomic E-state index is -0.185. The topological polar surface area (TPSA) is 69.1 Å². The Bertz CT molecular complexity index is 1010. The highest BCUT2D eigenvalue weighted by molar-refractivity contribution is 5.74. The van der Waals surface area contributed by atoms with Gasteiger partial charge in [0.2, 0.25) is 0 Å². The van der Waals surface area contributed by atoms with Crippen LogP contribution < -0.4 is 15.2 Å². The lowest BCUT2D eigenvalue weighted by Gasteiger charge is -2.11. The molecule has 0 aliphatic carbocycles. The van der Waals surface area contributed by atoms with Crippen LogP contribution in [0, 0.1) is 0 Å². The molecular weight excluding hydrogens is 330 g/mol. The second-order valence-corrected chi connectivity index (χ2v) is 6.30. The molecule has 0 amide bonds. The van der Waals surface area contributed by atoms with Crippen LogP contribution in [0.3, 0.4) is 0 Å². The first-order chi connectivity index (χ1) is 12.5. The third-order valence-electron chi connectivity index (χ3n) is 3.95. The van der Waals surface area contributed by atoms with Crippen molar-refractivity contribution in [3.63, 3.8) is 0 Å². The van der Waals surface area contributed by atoms with Gasteiger partial charge < -0.3 is 14.5 Å². The molecule has 26 heavy (non-hydrogen) atoms. The second-order valence-electron chi connectivity index (χ2n) is 6.30. The van der Waals surface area contributed by atoms with Crippen LogP contribution in [0.15, 0.2) is 40.8 Å². The number of aromatic nitrogens is 3. The summed E-state index contributed by atoms with van der Waals surface area (Å²) in [5.74, 6) is 1.34. The lowest BCUT2D eigenvalue weighted by molar-refractivity contribution is 0.310. The number of nitrogens with zero attached hydrogens (tertiary/aromatic N) is 2. The van der Waals surface area contributed by atoms with Crippen molar-refractivity contribution in [2.75, 3.05) is 13.7 Å². The van der Waals surface area contributed by atoms with E-state index < -0.39 is 0 Å². The smallest absolute Gasteiger partial charge is 0.327 e. The molecule has 1 aromatic carbocycles. The van der Waals surface area contributed by atoms with Crippen molar-refractivity contribution in [1.29, 1.82) is 0 Å². The molecule has 136 valence electrons. The van der Waals surface area contributed by atoms with E-state index in [1.165, 1.54) is 5.57 Å². The van der Waals surface area contributed by atoms with Gasteiger partial charge in [-0.1, -0.05) is 17.7 Å². The second kappa shape index (κ2) is 7.47. The maximum Gasteiger partial charge on any atom is 0.327 e. The Morgan fingerprint density at radius 3 is 2.77 bits per heavy atom. The van der Waals surface area contributed by atoms with E-state index in [2.05, 4.69) is 9.97 Å². The highest BCUT2D eigenvalue weighted by Gasteiger charge is 2.11. The maximum atomic E-state index is 12.4. The van der Waals surface area contributed by atoms with Gasteiger partial charge in [-0.05, 0) is 50.1 Å². The van der Waals surface area contributed by atoms with Gasteiger partial charge >= 0.3 is 5.69 Å². The molecule has 3 rings (SSSR count). The molecule has 6 heteroatoms. The zero-order valence-electron chi connectivity index (χ0n) is 15.5. The number of methoxy groups -OCH3 is 1. The Hall–Kier alpha value is -3.02. The monoisotopic (exact) mass is 353 g/mol. The molecule has 0 saturated heterocycles. The van der Waals surface area contributed by atoms with Gasteiger partial charge in [0.15, 0.2) is 17.1 Å². The molecule has 0 spiro atoms. The summed E-state index contributed by atoms with van der Waals surface area (Å²) in [7, 11) is 1.61. The Kier molecular flexibility index (Phi) is 5.11. The molecule has 2 heterocycles. The average molecular weight is 353 g/mol. The van der Waals surface area contributed by atoms with Crippen LogP contribution in [0.25, 0.3) is 17.2 Å². The first-order valence-electron chi connectivity index (χ1n) is 8.55. The average Bonchev–Trinajstić information content (AvgIpc) is 2.90. The van der Waals surface area contributed by atoms with Crippen molar-refractivity contribution in [3.05, 3.63) is 57.6 Å². The predicted octanol–water partition coefficient (Wildman–Crippen LogP) is 3.60. The van der Waals surface area contributed by atoms with Crippen molar-refractivity contribution < 1.29 is 9.47 Å². The summed E-state index contributed by atoms with van der Waals surface area (Å²) in [6, 6.07) is 7.60. The normalized spacial score (nSPS) is 10.8. The molecule has 0 unspecified atom stereocenters. The van der Waals surface area contributed by atoms with E-state index in [0.717, 1.165) is 16.6 Å². The van der Waals surface area contributed by atoms with E-state index in [9.17, 15) is 4.79 Å². The maximum absolute atomic E-state index is 12.4. The molecular formula is C20H23N3O3. The van der Waals surface area contributed by atoms with Crippen LogP contribution >= 0.6 is 0 Å². The fourth-order valence-corrected chi connectivity index (χ4v) is 2.89. The first-order valence-corrected chi connectivity index (χ1v) is 8.55. The number of hydrogen-bond donors (Lipinski definition) is 1. The van der Waals surface area contributed by atoms with E-state index in [4.69, 9.17) is 9.47 Å². The van der Waals surface area contributed by atoms with Gasteiger partial charge in [0.1, 0.15) is 0 Å². The van der Waals surface area contributed by atoms with Crippen molar-refractivity contribution in [2.45, 2.75) is 27.3 Å². The molecule has 0 radical (unpaired) electrons. The van der Waals surface area contributed by atoms with Gasteiger partial charge in [-0.25, -0.2) is 9.78 Å². The fraction of sp³-hybridized carbons (Fsp3) is 0.300.